The third-order valence-corrected chi connectivity index (χ3v) is 7.37. The Balaban J connectivity index is 1.43. The molecule has 1 saturated heterocycles. The van der Waals surface area contributed by atoms with E-state index in [0.29, 0.717) is 34.7 Å². The number of nitrogens with zero attached hydrogens (tertiary/aromatic N) is 1. The molecule has 1 N–H and O–H groups in total. The van der Waals surface area contributed by atoms with E-state index >= 15 is 0 Å². The summed E-state index contributed by atoms with van der Waals surface area (Å²) >= 11 is 6.31. The van der Waals surface area contributed by atoms with E-state index in [1.165, 1.54) is 18.1 Å². The summed E-state index contributed by atoms with van der Waals surface area (Å²) in [5.74, 6) is 0.377. The Labute approximate surface area is 190 Å². The van der Waals surface area contributed by atoms with Gasteiger partial charge in [-0.05, 0) is 61.4 Å². The van der Waals surface area contributed by atoms with Crippen molar-refractivity contribution in [2.24, 2.45) is 23.7 Å². The molecule has 1 aliphatic heterocycles. The molecule has 5 rings (SSSR count). The largest absolute Gasteiger partial charge is 0.497 e. The van der Waals surface area contributed by atoms with Gasteiger partial charge in [0.1, 0.15) is 11.5 Å². The third-order valence-electron chi connectivity index (χ3n) is 7.04. The third kappa shape index (κ3) is 3.14. The number of hydrogen-bond acceptors (Lipinski definition) is 5. The summed E-state index contributed by atoms with van der Waals surface area (Å²) in [6, 6.07) is 9.68. The number of ether oxygens (including phenoxy) is 2. The minimum absolute atomic E-state index is 0.155. The first-order chi connectivity index (χ1) is 15.4. The van der Waals surface area contributed by atoms with E-state index in [0.717, 1.165) is 19.3 Å². The molecule has 166 valence electrons. The Hall–Kier alpha value is -3.06. The fraction of sp³-hybridized carbons (Fsp3) is 0.375. The Kier molecular flexibility index (Phi) is 5.08. The maximum atomic E-state index is 13.1. The SMILES string of the molecule is COc1ccc(NC(=O)c2cc(N3C(=O)[C@@H]4[C@H]5CC[C@@H](C5)[C@H]4C3=O)ccc2Cl)c(OC)c1. The van der Waals surface area contributed by atoms with Gasteiger partial charge in [0.2, 0.25) is 11.8 Å². The van der Waals surface area contributed by atoms with Crippen molar-refractivity contribution in [3.8, 4) is 11.5 Å². The van der Waals surface area contributed by atoms with Gasteiger partial charge in [-0.25, -0.2) is 0 Å². The molecule has 1 heterocycles. The number of rotatable bonds is 5. The van der Waals surface area contributed by atoms with Crippen molar-refractivity contribution in [3.05, 3.63) is 47.0 Å². The van der Waals surface area contributed by atoms with Crippen LogP contribution in [0.5, 0.6) is 11.5 Å². The topological polar surface area (TPSA) is 84.9 Å². The van der Waals surface area contributed by atoms with E-state index < -0.39 is 5.91 Å². The standard InChI is InChI=1S/C24H23ClN2O5/c1-31-15-6-8-18(19(11-15)32-2)26-22(28)16-10-14(5-7-17(16)25)27-23(29)20-12-3-4-13(9-12)21(20)24(27)30/h5-8,10-13,20-21H,3-4,9H2,1-2H3,(H,26,28)/t12-,13-,20+,21+/m0/s1. The van der Waals surface area contributed by atoms with Gasteiger partial charge >= 0.3 is 0 Å². The normalized spacial score (nSPS) is 25.8. The first-order valence-electron chi connectivity index (χ1n) is 10.6. The van der Waals surface area contributed by atoms with Crippen LogP contribution in [0.3, 0.4) is 0 Å². The molecular formula is C24H23ClN2O5. The van der Waals surface area contributed by atoms with Gasteiger partial charge in [0, 0.05) is 6.07 Å². The zero-order valence-electron chi connectivity index (χ0n) is 17.8. The van der Waals surface area contributed by atoms with Crippen LogP contribution in [0.15, 0.2) is 36.4 Å². The lowest BCUT2D eigenvalue weighted by molar-refractivity contribution is -0.123. The van der Waals surface area contributed by atoms with Crippen molar-refractivity contribution in [2.75, 3.05) is 24.4 Å². The average molecular weight is 455 g/mol. The molecule has 2 saturated carbocycles. The van der Waals surface area contributed by atoms with Crippen LogP contribution < -0.4 is 19.7 Å². The summed E-state index contributed by atoms with van der Waals surface area (Å²) in [5.41, 5.74) is 0.993. The zero-order valence-corrected chi connectivity index (χ0v) is 18.5. The molecular weight excluding hydrogens is 432 g/mol. The van der Waals surface area contributed by atoms with Crippen molar-refractivity contribution in [3.63, 3.8) is 0 Å². The van der Waals surface area contributed by atoms with Gasteiger partial charge in [0.15, 0.2) is 0 Å². The predicted octanol–water partition coefficient (Wildman–Crippen LogP) is 4.15. The second-order valence-corrected chi connectivity index (χ2v) is 8.99. The van der Waals surface area contributed by atoms with E-state index in [1.807, 2.05) is 0 Å². The summed E-state index contributed by atoms with van der Waals surface area (Å²) in [6.45, 7) is 0. The zero-order chi connectivity index (χ0) is 22.6. The van der Waals surface area contributed by atoms with Crippen LogP contribution >= 0.6 is 11.6 Å². The molecule has 0 radical (unpaired) electrons. The second kappa shape index (κ2) is 7.81. The van der Waals surface area contributed by atoms with Gasteiger partial charge in [-0.3, -0.25) is 19.3 Å². The first-order valence-corrected chi connectivity index (χ1v) is 11.0. The van der Waals surface area contributed by atoms with Gasteiger partial charge in [0.05, 0.1) is 48.0 Å². The molecule has 4 atom stereocenters. The molecule has 0 aromatic heterocycles. The highest BCUT2D eigenvalue weighted by Gasteiger charge is 2.61. The molecule has 0 unspecified atom stereocenters. The maximum Gasteiger partial charge on any atom is 0.257 e. The summed E-state index contributed by atoms with van der Waals surface area (Å²) in [7, 11) is 3.03. The Morgan fingerprint density at radius 1 is 1.00 bits per heavy atom. The minimum atomic E-state index is -0.473. The van der Waals surface area contributed by atoms with Crippen LogP contribution in [-0.2, 0) is 9.59 Å². The van der Waals surface area contributed by atoms with Crippen molar-refractivity contribution in [1.82, 2.24) is 0 Å². The Bertz CT molecular complexity index is 1110. The molecule has 2 bridgehead atoms. The van der Waals surface area contributed by atoms with E-state index in [4.69, 9.17) is 21.1 Å². The number of carbonyl (C=O) groups is 3. The predicted molar refractivity (Wildman–Crippen MR) is 119 cm³/mol. The number of hydrogen-bond donors (Lipinski definition) is 1. The lowest BCUT2D eigenvalue weighted by Crippen LogP contribution is -2.33. The van der Waals surface area contributed by atoms with E-state index in [-0.39, 0.29) is 34.2 Å². The number of benzene rings is 2. The minimum Gasteiger partial charge on any atom is -0.497 e. The molecule has 8 heteroatoms. The van der Waals surface area contributed by atoms with E-state index in [9.17, 15) is 14.4 Å². The van der Waals surface area contributed by atoms with Gasteiger partial charge in [0.25, 0.3) is 5.91 Å². The average Bonchev–Trinajstić information content (AvgIpc) is 3.48. The van der Waals surface area contributed by atoms with Crippen molar-refractivity contribution < 1.29 is 23.9 Å². The molecule has 3 amide bonds. The molecule has 2 aromatic rings. The smallest absolute Gasteiger partial charge is 0.257 e. The Morgan fingerprint density at radius 3 is 2.31 bits per heavy atom. The highest BCUT2D eigenvalue weighted by atomic mass is 35.5. The summed E-state index contributed by atoms with van der Waals surface area (Å²) in [6.07, 6.45) is 2.99. The number of imide groups is 1. The number of nitrogens with one attached hydrogen (secondary N) is 1. The van der Waals surface area contributed by atoms with Crippen LogP contribution in [0.4, 0.5) is 11.4 Å². The fourth-order valence-electron chi connectivity index (χ4n) is 5.58. The molecule has 3 fully saturated rings. The molecule has 3 aliphatic rings. The maximum absolute atomic E-state index is 13.1. The van der Waals surface area contributed by atoms with Crippen LogP contribution in [0.25, 0.3) is 0 Å². The number of carbonyl (C=O) groups excluding carboxylic acids is 3. The quantitative estimate of drug-likeness (QED) is 0.686. The second-order valence-electron chi connectivity index (χ2n) is 8.58. The fourth-order valence-corrected chi connectivity index (χ4v) is 5.78. The number of amides is 3. The van der Waals surface area contributed by atoms with Gasteiger partial charge in [-0.15, -0.1) is 0 Å². The van der Waals surface area contributed by atoms with Crippen molar-refractivity contribution >= 4 is 40.7 Å². The lowest BCUT2D eigenvalue weighted by atomic mass is 9.81. The van der Waals surface area contributed by atoms with Crippen LogP contribution in [0, 0.1) is 23.7 Å². The number of methoxy groups -OCH3 is 2. The first kappa shape index (κ1) is 20.8. The summed E-state index contributed by atoms with van der Waals surface area (Å²) < 4.78 is 10.5. The molecule has 2 aromatic carbocycles. The number of halogens is 1. The summed E-state index contributed by atoms with van der Waals surface area (Å²) in [5, 5.41) is 3.00. The molecule has 32 heavy (non-hydrogen) atoms. The molecule has 7 nitrogen and oxygen atoms in total. The van der Waals surface area contributed by atoms with Gasteiger partial charge in [-0.2, -0.15) is 0 Å². The Morgan fingerprint density at radius 2 is 1.69 bits per heavy atom. The number of anilines is 2. The van der Waals surface area contributed by atoms with Crippen LogP contribution in [0.1, 0.15) is 29.6 Å². The van der Waals surface area contributed by atoms with E-state index in [2.05, 4.69) is 5.32 Å². The highest BCUT2D eigenvalue weighted by molar-refractivity contribution is 6.35. The monoisotopic (exact) mass is 454 g/mol. The van der Waals surface area contributed by atoms with Crippen LogP contribution in [-0.4, -0.2) is 31.9 Å². The van der Waals surface area contributed by atoms with E-state index in [1.54, 1.807) is 37.4 Å². The van der Waals surface area contributed by atoms with Gasteiger partial charge < -0.3 is 14.8 Å². The van der Waals surface area contributed by atoms with Gasteiger partial charge in [-0.1, -0.05) is 11.6 Å². The van der Waals surface area contributed by atoms with Crippen LogP contribution in [0.2, 0.25) is 5.02 Å². The lowest BCUT2D eigenvalue weighted by Gasteiger charge is -2.19. The molecule has 0 spiro atoms. The van der Waals surface area contributed by atoms with Crippen molar-refractivity contribution in [1.29, 1.82) is 0 Å². The van der Waals surface area contributed by atoms with Crippen molar-refractivity contribution in [2.45, 2.75) is 19.3 Å². The number of fused-ring (bicyclic) bond motifs is 5. The summed E-state index contributed by atoms with van der Waals surface area (Å²) in [4.78, 5) is 40.5. The molecule has 2 aliphatic carbocycles. The highest BCUT2D eigenvalue weighted by Crippen LogP contribution is 2.56.